The molecule has 0 heterocycles. The van der Waals surface area contributed by atoms with Gasteiger partial charge in [-0.05, 0) is 34.1 Å². The van der Waals surface area contributed by atoms with Crippen LogP contribution in [-0.4, -0.2) is 35.8 Å². The highest BCUT2D eigenvalue weighted by Crippen LogP contribution is 1.99. The van der Waals surface area contributed by atoms with Crippen molar-refractivity contribution in [1.29, 1.82) is 0 Å². The zero-order valence-electron chi connectivity index (χ0n) is 12.4. The summed E-state index contributed by atoms with van der Waals surface area (Å²) in [6.45, 7) is 9.18. The summed E-state index contributed by atoms with van der Waals surface area (Å²) in [6, 6.07) is -0.563. The Bertz CT molecular complexity index is 335. The summed E-state index contributed by atoms with van der Waals surface area (Å²) < 4.78 is 0. The molecule has 0 aliphatic rings. The molecule has 0 radical (unpaired) electrons. The van der Waals surface area contributed by atoms with Crippen LogP contribution in [0.3, 0.4) is 0 Å². The van der Waals surface area contributed by atoms with Gasteiger partial charge in [-0.1, -0.05) is 0 Å². The van der Waals surface area contributed by atoms with Crippen molar-refractivity contribution in [3.8, 4) is 0 Å². The summed E-state index contributed by atoms with van der Waals surface area (Å²) in [7, 11) is 0. The Hall–Kier alpha value is -1.59. The number of hydrogen-bond donors (Lipinski definition) is 3. The molecule has 110 valence electrons. The normalized spacial score (nSPS) is 12.5. The molecule has 0 aromatic rings. The molecule has 6 nitrogen and oxygen atoms in total. The van der Waals surface area contributed by atoms with Crippen molar-refractivity contribution in [2.24, 2.45) is 0 Å². The molecule has 0 aromatic carbocycles. The summed E-state index contributed by atoms with van der Waals surface area (Å²) in [5, 5.41) is 8.03. The minimum atomic E-state index is -0.563. The maximum Gasteiger partial charge on any atom is 0.242 e. The van der Waals surface area contributed by atoms with Crippen molar-refractivity contribution in [3.63, 3.8) is 0 Å². The average Bonchev–Trinajstić information content (AvgIpc) is 2.21. The molecular weight excluding hydrogens is 246 g/mol. The fraction of sp³-hybridized carbons (Fsp3) is 0.769. The van der Waals surface area contributed by atoms with E-state index in [1.807, 2.05) is 20.8 Å². The van der Waals surface area contributed by atoms with Crippen LogP contribution in [0.25, 0.3) is 0 Å². The van der Waals surface area contributed by atoms with E-state index in [0.717, 1.165) is 0 Å². The molecule has 0 aliphatic carbocycles. The molecule has 1 unspecified atom stereocenters. The summed E-state index contributed by atoms with van der Waals surface area (Å²) in [5.74, 6) is -0.511. The van der Waals surface area contributed by atoms with Crippen LogP contribution in [0, 0.1) is 0 Å². The second-order valence-corrected chi connectivity index (χ2v) is 5.61. The number of carbonyl (C=O) groups excluding carboxylic acids is 3. The maximum absolute atomic E-state index is 11.7. The van der Waals surface area contributed by atoms with E-state index in [1.54, 1.807) is 6.92 Å². The minimum absolute atomic E-state index is 0.113. The third kappa shape index (κ3) is 10.1. The van der Waals surface area contributed by atoms with E-state index in [9.17, 15) is 14.4 Å². The van der Waals surface area contributed by atoms with Crippen molar-refractivity contribution in [3.05, 3.63) is 0 Å². The Balaban J connectivity index is 3.92. The molecular formula is C13H25N3O3. The summed E-state index contributed by atoms with van der Waals surface area (Å²) in [5.41, 5.74) is -0.318. The van der Waals surface area contributed by atoms with Crippen LogP contribution >= 0.6 is 0 Å². The van der Waals surface area contributed by atoms with E-state index >= 15 is 0 Å². The highest BCUT2D eigenvalue weighted by Gasteiger charge is 2.20. The second-order valence-electron chi connectivity index (χ2n) is 5.61. The first-order chi connectivity index (χ1) is 8.61. The van der Waals surface area contributed by atoms with Gasteiger partial charge in [0.2, 0.25) is 17.7 Å². The monoisotopic (exact) mass is 271 g/mol. The van der Waals surface area contributed by atoms with Crippen LogP contribution < -0.4 is 16.0 Å². The Morgan fingerprint density at radius 1 is 1.16 bits per heavy atom. The molecule has 0 saturated heterocycles. The molecule has 0 saturated carbocycles. The predicted molar refractivity (Wildman–Crippen MR) is 73.4 cm³/mol. The molecule has 0 aromatic heterocycles. The summed E-state index contributed by atoms with van der Waals surface area (Å²) >= 11 is 0. The lowest BCUT2D eigenvalue weighted by Crippen LogP contribution is -2.50. The van der Waals surface area contributed by atoms with E-state index in [4.69, 9.17) is 0 Å². The van der Waals surface area contributed by atoms with Gasteiger partial charge in [0.05, 0.1) is 0 Å². The summed E-state index contributed by atoms with van der Waals surface area (Å²) in [4.78, 5) is 33.9. The van der Waals surface area contributed by atoms with E-state index < -0.39 is 6.04 Å². The third-order valence-electron chi connectivity index (χ3n) is 2.22. The Morgan fingerprint density at radius 3 is 2.21 bits per heavy atom. The Kier molecular flexibility index (Phi) is 7.11. The number of rotatable bonds is 6. The van der Waals surface area contributed by atoms with Gasteiger partial charge in [-0.15, -0.1) is 0 Å². The lowest BCUT2D eigenvalue weighted by atomic mass is 10.1. The topological polar surface area (TPSA) is 87.3 Å². The largest absolute Gasteiger partial charge is 0.356 e. The van der Waals surface area contributed by atoms with Crippen LogP contribution in [0.1, 0.15) is 47.5 Å². The van der Waals surface area contributed by atoms with Gasteiger partial charge in [0.25, 0.3) is 0 Å². The molecule has 3 N–H and O–H groups in total. The zero-order chi connectivity index (χ0) is 15.1. The molecule has 0 aliphatic heterocycles. The number of carbonyl (C=O) groups is 3. The van der Waals surface area contributed by atoms with Crippen molar-refractivity contribution in [2.75, 3.05) is 6.54 Å². The van der Waals surface area contributed by atoms with Gasteiger partial charge in [0, 0.05) is 25.4 Å². The van der Waals surface area contributed by atoms with E-state index in [1.165, 1.54) is 6.92 Å². The predicted octanol–water partition coefficient (Wildman–Crippen LogP) is 0.322. The molecule has 3 amide bonds. The van der Waals surface area contributed by atoms with Crippen molar-refractivity contribution in [1.82, 2.24) is 16.0 Å². The third-order valence-corrected chi connectivity index (χ3v) is 2.22. The highest BCUT2D eigenvalue weighted by molar-refractivity contribution is 5.87. The Labute approximate surface area is 114 Å². The van der Waals surface area contributed by atoms with E-state index in [2.05, 4.69) is 16.0 Å². The van der Waals surface area contributed by atoms with Crippen molar-refractivity contribution < 1.29 is 14.4 Å². The molecule has 19 heavy (non-hydrogen) atoms. The first kappa shape index (κ1) is 17.4. The molecule has 0 spiro atoms. The standard InChI is InChI=1S/C13H25N3O3/c1-9(12(19)16-13(3,4)5)15-11(18)7-6-8-14-10(2)17/h9H,6-8H2,1-5H3,(H,14,17)(H,15,18)(H,16,19). The lowest BCUT2D eigenvalue weighted by molar-refractivity contribution is -0.129. The van der Waals surface area contributed by atoms with E-state index in [-0.39, 0.29) is 29.7 Å². The van der Waals surface area contributed by atoms with Crippen molar-refractivity contribution >= 4 is 17.7 Å². The van der Waals surface area contributed by atoms with Crippen LogP contribution in [0.4, 0.5) is 0 Å². The van der Waals surface area contributed by atoms with Gasteiger partial charge in [0.15, 0.2) is 0 Å². The molecule has 0 bridgehead atoms. The van der Waals surface area contributed by atoms with Gasteiger partial charge in [-0.25, -0.2) is 0 Å². The van der Waals surface area contributed by atoms with Gasteiger partial charge in [-0.2, -0.15) is 0 Å². The molecule has 0 fully saturated rings. The highest BCUT2D eigenvalue weighted by atomic mass is 16.2. The minimum Gasteiger partial charge on any atom is -0.356 e. The Morgan fingerprint density at radius 2 is 1.74 bits per heavy atom. The smallest absolute Gasteiger partial charge is 0.242 e. The summed E-state index contributed by atoms with van der Waals surface area (Å²) in [6.07, 6.45) is 0.840. The lowest BCUT2D eigenvalue weighted by Gasteiger charge is -2.23. The zero-order valence-corrected chi connectivity index (χ0v) is 12.4. The van der Waals surface area contributed by atoms with Gasteiger partial charge in [-0.3, -0.25) is 14.4 Å². The van der Waals surface area contributed by atoms with Crippen LogP contribution in [0.5, 0.6) is 0 Å². The van der Waals surface area contributed by atoms with Crippen LogP contribution in [0.15, 0.2) is 0 Å². The van der Waals surface area contributed by atoms with Crippen LogP contribution in [-0.2, 0) is 14.4 Å². The van der Waals surface area contributed by atoms with Crippen molar-refractivity contribution in [2.45, 2.75) is 59.0 Å². The number of hydrogen-bond acceptors (Lipinski definition) is 3. The van der Waals surface area contributed by atoms with Crippen LogP contribution in [0.2, 0.25) is 0 Å². The van der Waals surface area contributed by atoms with E-state index in [0.29, 0.717) is 13.0 Å². The SMILES string of the molecule is CC(=O)NCCCC(=O)NC(C)C(=O)NC(C)(C)C. The first-order valence-corrected chi connectivity index (χ1v) is 6.47. The fourth-order valence-electron chi connectivity index (χ4n) is 1.37. The molecule has 1 atom stereocenters. The van der Waals surface area contributed by atoms with Gasteiger partial charge in [0.1, 0.15) is 6.04 Å². The van der Waals surface area contributed by atoms with Gasteiger partial charge < -0.3 is 16.0 Å². The second kappa shape index (κ2) is 7.76. The average molecular weight is 271 g/mol. The maximum atomic E-state index is 11.7. The quantitative estimate of drug-likeness (QED) is 0.608. The first-order valence-electron chi connectivity index (χ1n) is 6.47. The van der Waals surface area contributed by atoms with Gasteiger partial charge >= 0.3 is 0 Å². The molecule has 0 rings (SSSR count). The number of nitrogens with one attached hydrogen (secondary N) is 3. The number of amides is 3. The fourth-order valence-corrected chi connectivity index (χ4v) is 1.37. The molecule has 6 heteroatoms.